The van der Waals surface area contributed by atoms with E-state index in [4.69, 9.17) is 4.74 Å². The van der Waals surface area contributed by atoms with Gasteiger partial charge in [0.15, 0.2) is 17.6 Å². The number of alkyl halides is 3. The highest BCUT2D eigenvalue weighted by Crippen LogP contribution is 2.39. The quantitative estimate of drug-likeness (QED) is 0.436. The number of aromatic nitrogens is 3. The van der Waals surface area contributed by atoms with Crippen molar-refractivity contribution in [2.75, 3.05) is 6.61 Å². The van der Waals surface area contributed by atoms with Crippen molar-refractivity contribution in [1.82, 2.24) is 15.0 Å². The number of benzene rings is 2. The van der Waals surface area contributed by atoms with E-state index in [9.17, 15) is 13.2 Å². The molecule has 0 spiro atoms. The molecule has 0 amide bonds. The van der Waals surface area contributed by atoms with Gasteiger partial charge < -0.3 is 9.72 Å². The number of hydrogen-bond acceptors (Lipinski definition) is 6. The Labute approximate surface area is 190 Å². The van der Waals surface area contributed by atoms with E-state index in [-0.39, 0.29) is 5.75 Å². The highest BCUT2D eigenvalue weighted by molar-refractivity contribution is 8.08. The summed E-state index contributed by atoms with van der Waals surface area (Å²) in [6.07, 6.45) is -3.03. The Morgan fingerprint density at radius 2 is 1.70 bits per heavy atom. The Morgan fingerprint density at radius 3 is 2.39 bits per heavy atom. The fourth-order valence-corrected chi connectivity index (χ4v) is 4.33. The summed E-state index contributed by atoms with van der Waals surface area (Å²) in [5.74, 6) is 0.501. The van der Waals surface area contributed by atoms with Crippen LogP contribution in [-0.2, 0) is 0 Å². The molecule has 0 aliphatic carbocycles. The fourth-order valence-electron chi connectivity index (χ4n) is 3.35. The van der Waals surface area contributed by atoms with Crippen LogP contribution < -0.4 is 15.5 Å². The molecule has 2 aromatic carbocycles. The van der Waals surface area contributed by atoms with E-state index >= 15 is 0 Å². The Kier molecular flexibility index (Phi) is 5.37. The highest BCUT2D eigenvalue weighted by atomic mass is 32.2. The van der Waals surface area contributed by atoms with Crippen LogP contribution in [0.2, 0.25) is 0 Å². The maximum Gasteiger partial charge on any atom is 0.422 e. The predicted octanol–water partition coefficient (Wildman–Crippen LogP) is 4.58. The Morgan fingerprint density at radius 1 is 1.00 bits per heavy atom. The van der Waals surface area contributed by atoms with Gasteiger partial charge in [0.25, 0.3) is 0 Å². The molecule has 4 aromatic rings. The molecule has 1 aliphatic heterocycles. The molecule has 166 valence electrons. The lowest BCUT2D eigenvalue weighted by molar-refractivity contribution is -0.153. The molecule has 6 nitrogen and oxygen atoms in total. The third-order valence-corrected chi connectivity index (χ3v) is 5.83. The van der Waals surface area contributed by atoms with Gasteiger partial charge in [-0.15, -0.1) is 0 Å². The van der Waals surface area contributed by atoms with Gasteiger partial charge in [-0.1, -0.05) is 24.3 Å². The number of nitrogens with zero attached hydrogens (tertiary/aromatic N) is 4. The Hall–Kier alpha value is -3.66. The van der Waals surface area contributed by atoms with E-state index in [0.717, 1.165) is 11.0 Å². The van der Waals surface area contributed by atoms with Crippen molar-refractivity contribution >= 4 is 27.7 Å². The van der Waals surface area contributed by atoms with Crippen LogP contribution in [0.25, 0.3) is 15.9 Å². The number of nitrogens with one attached hydrogen (secondary N) is 1. The van der Waals surface area contributed by atoms with E-state index in [0.29, 0.717) is 37.9 Å². The van der Waals surface area contributed by atoms with Crippen LogP contribution in [0.4, 0.5) is 13.2 Å². The minimum Gasteiger partial charge on any atom is -0.484 e. The summed E-state index contributed by atoms with van der Waals surface area (Å²) in [4.78, 5) is 22.1. The maximum atomic E-state index is 12.7. The summed E-state index contributed by atoms with van der Waals surface area (Å²) in [5.41, 5.74) is 2.53. The first kappa shape index (κ1) is 21.2. The maximum absolute atomic E-state index is 12.7. The van der Waals surface area contributed by atoms with Crippen molar-refractivity contribution < 1.29 is 17.9 Å². The van der Waals surface area contributed by atoms with Crippen LogP contribution in [0.5, 0.6) is 5.75 Å². The monoisotopic (exact) mass is 467 g/mol. The summed E-state index contributed by atoms with van der Waals surface area (Å²) < 4.78 is 43.2. The molecule has 0 atom stereocenters. The van der Waals surface area contributed by atoms with Gasteiger partial charge in [0.2, 0.25) is 0 Å². The fraction of sp³-hybridized carbons (Fsp3) is 0.130. The molecule has 2 aromatic heterocycles. The third-order valence-electron chi connectivity index (χ3n) is 4.86. The summed E-state index contributed by atoms with van der Waals surface area (Å²) in [5, 5.41) is 2.00. The average Bonchev–Trinajstić information content (AvgIpc) is 3.40. The van der Waals surface area contributed by atoms with E-state index in [2.05, 4.69) is 24.9 Å². The number of halogens is 3. The predicted molar refractivity (Wildman–Crippen MR) is 118 cm³/mol. The van der Waals surface area contributed by atoms with Gasteiger partial charge in [0, 0.05) is 11.8 Å². The van der Waals surface area contributed by atoms with Crippen LogP contribution in [0.3, 0.4) is 0 Å². The molecule has 5 rings (SSSR count). The number of para-hydroxylation sites is 4. The number of ether oxygens (including phenoxy) is 1. The average molecular weight is 467 g/mol. The second-order valence-electron chi connectivity index (χ2n) is 7.21. The standard InChI is InChI=1S/C23H16F3N5OS/c1-13-18(32-12-23(24,25)26)10-11-27-19(13)20(21-28-14-6-2-3-7-15(14)29-21)33-22-30-16-8-4-5-9-17(16)31-22/h2-11H,12H2,1H3,(H,30,31). The van der Waals surface area contributed by atoms with Crippen LogP contribution in [0.1, 0.15) is 11.3 Å². The molecule has 0 saturated heterocycles. The summed E-state index contributed by atoms with van der Waals surface area (Å²) >= 11 is 1.27. The third kappa shape index (κ3) is 4.47. The second-order valence-corrected chi connectivity index (χ2v) is 8.21. The van der Waals surface area contributed by atoms with Gasteiger partial charge in [-0.3, -0.25) is 4.98 Å². The van der Waals surface area contributed by atoms with Crippen molar-refractivity contribution in [2.45, 2.75) is 18.3 Å². The number of imidazole rings is 1. The molecule has 1 aliphatic rings. The zero-order valence-corrected chi connectivity index (χ0v) is 18.0. The van der Waals surface area contributed by atoms with Crippen molar-refractivity contribution in [3.8, 4) is 5.75 Å². The van der Waals surface area contributed by atoms with E-state index in [1.807, 2.05) is 48.5 Å². The SMILES string of the molecule is Cc1c(OCC(F)(F)F)ccnc1C(Sc1nc2ccccc2[nH]1)=C1N=c2ccccc2=N1. The smallest absolute Gasteiger partial charge is 0.422 e. The van der Waals surface area contributed by atoms with Crippen molar-refractivity contribution in [1.29, 1.82) is 0 Å². The summed E-state index contributed by atoms with van der Waals surface area (Å²) in [7, 11) is 0. The van der Waals surface area contributed by atoms with Crippen LogP contribution in [-0.4, -0.2) is 27.7 Å². The first-order valence-corrected chi connectivity index (χ1v) is 10.7. The van der Waals surface area contributed by atoms with Gasteiger partial charge in [-0.2, -0.15) is 13.2 Å². The van der Waals surface area contributed by atoms with Crippen LogP contribution in [0, 0.1) is 6.92 Å². The first-order chi connectivity index (χ1) is 15.9. The second kappa shape index (κ2) is 8.36. The normalized spacial score (nSPS) is 12.9. The lowest BCUT2D eigenvalue weighted by atomic mass is 10.2. The van der Waals surface area contributed by atoms with E-state index in [1.54, 1.807) is 6.92 Å². The molecule has 0 fully saturated rings. The van der Waals surface area contributed by atoms with Gasteiger partial charge in [-0.05, 0) is 49.0 Å². The zero-order chi connectivity index (χ0) is 23.0. The molecule has 33 heavy (non-hydrogen) atoms. The molecule has 1 N–H and O–H groups in total. The summed E-state index contributed by atoms with van der Waals surface area (Å²) in [6, 6.07) is 16.4. The molecule has 0 unspecified atom stereocenters. The zero-order valence-electron chi connectivity index (χ0n) is 17.2. The lowest BCUT2D eigenvalue weighted by Crippen LogP contribution is -2.19. The molecule has 3 heterocycles. The molecular formula is C23H16F3N5OS. The number of fused-ring (bicyclic) bond motifs is 2. The molecular weight excluding hydrogens is 451 g/mol. The van der Waals surface area contributed by atoms with Crippen LogP contribution in [0.15, 0.2) is 81.8 Å². The van der Waals surface area contributed by atoms with Gasteiger partial charge in [0.1, 0.15) is 5.75 Å². The largest absolute Gasteiger partial charge is 0.484 e. The lowest BCUT2D eigenvalue weighted by Gasteiger charge is -2.14. The van der Waals surface area contributed by atoms with Gasteiger partial charge in [0.05, 0.1) is 32.3 Å². The Bertz CT molecular complexity index is 1440. The number of H-pyrrole nitrogens is 1. The minimum atomic E-state index is -4.45. The number of pyridine rings is 1. The number of thioether (sulfide) groups is 1. The number of rotatable bonds is 5. The number of hydrogen-bond donors (Lipinski definition) is 1. The summed E-state index contributed by atoms with van der Waals surface area (Å²) in [6.45, 7) is 0.274. The van der Waals surface area contributed by atoms with Crippen molar-refractivity contribution in [2.24, 2.45) is 9.98 Å². The highest BCUT2D eigenvalue weighted by Gasteiger charge is 2.29. The molecule has 0 saturated carbocycles. The van der Waals surface area contributed by atoms with Crippen molar-refractivity contribution in [3.63, 3.8) is 0 Å². The van der Waals surface area contributed by atoms with Crippen LogP contribution >= 0.6 is 11.8 Å². The number of aromatic amines is 1. The van der Waals surface area contributed by atoms with E-state index in [1.165, 1.54) is 24.0 Å². The Balaban J connectivity index is 1.62. The first-order valence-electron chi connectivity index (χ1n) is 9.92. The van der Waals surface area contributed by atoms with E-state index < -0.39 is 12.8 Å². The van der Waals surface area contributed by atoms with Gasteiger partial charge in [-0.25, -0.2) is 15.0 Å². The molecule has 0 radical (unpaired) electrons. The molecule has 0 bridgehead atoms. The molecule has 10 heteroatoms. The van der Waals surface area contributed by atoms with Crippen molar-refractivity contribution in [3.05, 3.63) is 88.6 Å². The minimum absolute atomic E-state index is 0.0937. The van der Waals surface area contributed by atoms with Gasteiger partial charge >= 0.3 is 6.18 Å². The topological polar surface area (TPSA) is 75.5 Å².